The molecule has 33 heavy (non-hydrogen) atoms. The Kier molecular flexibility index (Phi) is 9.00. The van der Waals surface area contributed by atoms with Gasteiger partial charge in [-0.25, -0.2) is 9.18 Å². The molecule has 2 N–H and O–H groups in total. The van der Waals surface area contributed by atoms with Crippen LogP contribution in [0.25, 0.3) is 11.1 Å². The van der Waals surface area contributed by atoms with Crippen molar-refractivity contribution in [1.82, 2.24) is 14.7 Å². The number of nitrogens with zero attached hydrogens (tertiary/aromatic N) is 3. The van der Waals surface area contributed by atoms with E-state index >= 15 is 0 Å². The molecule has 1 aliphatic rings. The van der Waals surface area contributed by atoms with Gasteiger partial charge in [-0.05, 0) is 54.3 Å². The monoisotopic (exact) mass is 455 g/mol. The molecule has 2 aromatic rings. The predicted octanol–water partition coefficient (Wildman–Crippen LogP) is 4.05. The quantitative estimate of drug-likeness (QED) is 0.529. The molecule has 2 aromatic carbocycles. The first-order valence-corrected chi connectivity index (χ1v) is 11.4. The Labute approximate surface area is 195 Å². The van der Waals surface area contributed by atoms with Crippen molar-refractivity contribution in [3.8, 4) is 11.1 Å². The van der Waals surface area contributed by atoms with E-state index in [-0.39, 0.29) is 18.9 Å². The largest absolute Gasteiger partial charge is 0.465 e. The van der Waals surface area contributed by atoms with E-state index in [2.05, 4.69) is 23.4 Å². The zero-order chi connectivity index (χ0) is 23.8. The lowest BCUT2D eigenvalue weighted by Gasteiger charge is -2.33. The molecule has 1 heterocycles. The second kappa shape index (κ2) is 11.9. The molecular weight excluding hydrogens is 421 g/mol. The molecule has 1 aliphatic heterocycles. The van der Waals surface area contributed by atoms with E-state index in [4.69, 9.17) is 0 Å². The van der Waals surface area contributed by atoms with E-state index in [9.17, 15) is 19.4 Å². The van der Waals surface area contributed by atoms with Crippen LogP contribution in [-0.4, -0.2) is 76.9 Å². The molecule has 0 spiro atoms. The number of hydrogen-bond donors (Lipinski definition) is 2. The topological polar surface area (TPSA) is 67.2 Å². The van der Waals surface area contributed by atoms with E-state index in [0.717, 1.165) is 48.4 Å². The SMILES string of the molecule is C=CCC(O)CCN(Cc1cccc(-c2ccc(F)cc2)c1CN1CCN(C)CC1)C(=O)O. The number of carbonyl (C=O) groups is 1. The first-order chi connectivity index (χ1) is 15.9. The summed E-state index contributed by atoms with van der Waals surface area (Å²) in [5.41, 5.74) is 3.89. The van der Waals surface area contributed by atoms with Crippen LogP contribution in [0.15, 0.2) is 55.1 Å². The summed E-state index contributed by atoms with van der Waals surface area (Å²) in [5.74, 6) is -0.286. The summed E-state index contributed by atoms with van der Waals surface area (Å²) in [7, 11) is 2.11. The van der Waals surface area contributed by atoms with Crippen LogP contribution in [0.5, 0.6) is 0 Å². The lowest BCUT2D eigenvalue weighted by atomic mass is 9.94. The first kappa shape index (κ1) is 24.9. The van der Waals surface area contributed by atoms with Gasteiger partial charge < -0.3 is 20.0 Å². The molecule has 0 bridgehead atoms. The average Bonchev–Trinajstić information content (AvgIpc) is 2.79. The number of carboxylic acid groups (broad SMARTS) is 1. The zero-order valence-electron chi connectivity index (χ0n) is 19.3. The average molecular weight is 456 g/mol. The molecule has 6 nitrogen and oxygen atoms in total. The fourth-order valence-corrected chi connectivity index (χ4v) is 4.16. The highest BCUT2D eigenvalue weighted by atomic mass is 19.1. The number of aliphatic hydroxyl groups excluding tert-OH is 1. The van der Waals surface area contributed by atoms with Gasteiger partial charge in [-0.15, -0.1) is 6.58 Å². The Morgan fingerprint density at radius 2 is 1.88 bits per heavy atom. The number of likely N-dealkylation sites (N-methyl/N-ethyl adjacent to an activating group) is 1. The van der Waals surface area contributed by atoms with Crippen molar-refractivity contribution >= 4 is 6.09 Å². The third-order valence-corrected chi connectivity index (χ3v) is 6.21. The van der Waals surface area contributed by atoms with Gasteiger partial charge in [0.2, 0.25) is 0 Å². The van der Waals surface area contributed by atoms with Crippen molar-refractivity contribution in [2.24, 2.45) is 0 Å². The van der Waals surface area contributed by atoms with Crippen LogP contribution in [0.4, 0.5) is 9.18 Å². The molecule has 0 radical (unpaired) electrons. The van der Waals surface area contributed by atoms with Crippen molar-refractivity contribution in [1.29, 1.82) is 0 Å². The number of hydrogen-bond acceptors (Lipinski definition) is 4. The second-order valence-corrected chi connectivity index (χ2v) is 8.70. The normalized spacial score (nSPS) is 15.8. The van der Waals surface area contributed by atoms with Crippen LogP contribution in [0, 0.1) is 5.82 Å². The summed E-state index contributed by atoms with van der Waals surface area (Å²) in [6.45, 7) is 8.62. The second-order valence-electron chi connectivity index (χ2n) is 8.70. The van der Waals surface area contributed by atoms with Crippen molar-refractivity contribution < 1.29 is 19.4 Å². The number of benzene rings is 2. The van der Waals surface area contributed by atoms with Crippen LogP contribution < -0.4 is 0 Å². The van der Waals surface area contributed by atoms with Gasteiger partial charge in [0.05, 0.1) is 6.10 Å². The highest BCUT2D eigenvalue weighted by Gasteiger charge is 2.21. The van der Waals surface area contributed by atoms with Crippen molar-refractivity contribution in [2.75, 3.05) is 39.8 Å². The standard InChI is InChI=1S/C26H34FN3O3/c1-3-5-23(31)12-13-30(26(32)33)18-21-6-4-7-24(20-8-10-22(27)11-9-20)25(21)19-29-16-14-28(2)15-17-29/h3-4,6-11,23,31H,1,5,12-19H2,2H3,(H,32,33). The molecule has 1 amide bonds. The molecule has 0 aromatic heterocycles. The number of amides is 1. The summed E-state index contributed by atoms with van der Waals surface area (Å²) in [5, 5.41) is 19.8. The highest BCUT2D eigenvalue weighted by Crippen LogP contribution is 2.29. The minimum atomic E-state index is -1.02. The molecule has 178 valence electrons. The minimum absolute atomic E-state index is 0.230. The van der Waals surface area contributed by atoms with E-state index < -0.39 is 12.2 Å². The van der Waals surface area contributed by atoms with Crippen molar-refractivity contribution in [3.05, 3.63) is 72.1 Å². The van der Waals surface area contributed by atoms with Gasteiger partial charge >= 0.3 is 6.09 Å². The van der Waals surface area contributed by atoms with Gasteiger partial charge in [-0.1, -0.05) is 36.4 Å². The Morgan fingerprint density at radius 3 is 2.52 bits per heavy atom. The maximum atomic E-state index is 13.5. The molecule has 1 atom stereocenters. The van der Waals surface area contributed by atoms with Gasteiger partial charge in [-0.2, -0.15) is 0 Å². The van der Waals surface area contributed by atoms with E-state index in [1.807, 2.05) is 18.2 Å². The Balaban J connectivity index is 1.90. The minimum Gasteiger partial charge on any atom is -0.465 e. The summed E-state index contributed by atoms with van der Waals surface area (Å²) < 4.78 is 13.5. The number of halogens is 1. The molecule has 0 aliphatic carbocycles. The molecule has 1 unspecified atom stereocenters. The number of aliphatic hydroxyl groups is 1. The van der Waals surface area contributed by atoms with E-state index in [0.29, 0.717) is 19.4 Å². The maximum Gasteiger partial charge on any atom is 0.407 e. The van der Waals surface area contributed by atoms with Crippen LogP contribution in [0.2, 0.25) is 0 Å². The Hall–Kier alpha value is -2.74. The van der Waals surface area contributed by atoms with Gasteiger partial charge in [-0.3, -0.25) is 4.90 Å². The third kappa shape index (κ3) is 7.12. The Morgan fingerprint density at radius 1 is 1.18 bits per heavy atom. The fourth-order valence-electron chi connectivity index (χ4n) is 4.16. The van der Waals surface area contributed by atoms with E-state index in [1.165, 1.54) is 17.0 Å². The summed E-state index contributed by atoms with van der Waals surface area (Å²) in [6.07, 6.45) is 0.792. The number of piperazine rings is 1. The van der Waals surface area contributed by atoms with Gasteiger partial charge in [0.25, 0.3) is 0 Å². The third-order valence-electron chi connectivity index (χ3n) is 6.21. The van der Waals surface area contributed by atoms with Crippen molar-refractivity contribution in [3.63, 3.8) is 0 Å². The Bertz CT molecular complexity index is 927. The van der Waals surface area contributed by atoms with Crippen LogP contribution in [0.1, 0.15) is 24.0 Å². The van der Waals surface area contributed by atoms with Gasteiger partial charge in [0.1, 0.15) is 5.82 Å². The summed E-state index contributed by atoms with van der Waals surface area (Å²) >= 11 is 0. The maximum absolute atomic E-state index is 13.5. The molecule has 0 saturated carbocycles. The summed E-state index contributed by atoms with van der Waals surface area (Å²) in [6, 6.07) is 12.3. The number of rotatable bonds is 10. The lowest BCUT2D eigenvalue weighted by Crippen LogP contribution is -2.44. The van der Waals surface area contributed by atoms with Gasteiger partial charge in [0, 0.05) is 45.8 Å². The van der Waals surface area contributed by atoms with Crippen LogP contribution in [-0.2, 0) is 13.1 Å². The molecular formula is C26H34FN3O3. The van der Waals surface area contributed by atoms with E-state index in [1.54, 1.807) is 18.2 Å². The lowest BCUT2D eigenvalue weighted by molar-refractivity contribution is 0.119. The molecule has 3 rings (SSSR count). The van der Waals surface area contributed by atoms with Crippen LogP contribution in [0.3, 0.4) is 0 Å². The van der Waals surface area contributed by atoms with Crippen molar-refractivity contribution in [2.45, 2.75) is 32.0 Å². The smallest absolute Gasteiger partial charge is 0.407 e. The summed E-state index contributed by atoms with van der Waals surface area (Å²) in [4.78, 5) is 18.0. The van der Waals surface area contributed by atoms with Crippen LogP contribution >= 0.6 is 0 Å². The zero-order valence-corrected chi connectivity index (χ0v) is 19.3. The van der Waals surface area contributed by atoms with Gasteiger partial charge in [0.15, 0.2) is 0 Å². The molecule has 7 heteroatoms. The predicted molar refractivity (Wildman–Crippen MR) is 128 cm³/mol. The molecule has 1 saturated heterocycles. The fraction of sp³-hybridized carbons (Fsp3) is 0.423. The highest BCUT2D eigenvalue weighted by molar-refractivity contribution is 5.70. The first-order valence-electron chi connectivity index (χ1n) is 11.4. The molecule has 1 fully saturated rings.